The second-order valence-electron chi connectivity index (χ2n) is 7.91. The molecule has 1 fully saturated rings. The molecule has 7 heteroatoms. The van der Waals surface area contributed by atoms with E-state index in [0.29, 0.717) is 30.5 Å². The second-order valence-corrected chi connectivity index (χ2v) is 8.90. The number of carbonyl (C=O) groups is 1. The maximum absolute atomic E-state index is 13.1. The highest BCUT2D eigenvalue weighted by atomic mass is 32.2. The van der Waals surface area contributed by atoms with Gasteiger partial charge in [-0.25, -0.2) is 9.37 Å². The largest absolute Gasteiger partial charge is 0.441 e. The Morgan fingerprint density at radius 2 is 1.75 bits per heavy atom. The van der Waals surface area contributed by atoms with E-state index in [0.717, 1.165) is 42.2 Å². The highest BCUT2D eigenvalue weighted by Gasteiger charge is 2.21. The maximum Gasteiger partial charge on any atom is 0.232 e. The van der Waals surface area contributed by atoms with Gasteiger partial charge in [0, 0.05) is 43.2 Å². The van der Waals surface area contributed by atoms with Gasteiger partial charge in [-0.1, -0.05) is 19.1 Å². The zero-order valence-corrected chi connectivity index (χ0v) is 19.3. The molecule has 5 nitrogen and oxygen atoms in total. The molecule has 4 rings (SSSR count). The van der Waals surface area contributed by atoms with Crippen LogP contribution in [0.2, 0.25) is 0 Å². The third-order valence-electron chi connectivity index (χ3n) is 5.79. The van der Waals surface area contributed by atoms with Crippen molar-refractivity contribution in [2.75, 3.05) is 36.8 Å². The molecular formula is C25H28FN3O2S. The van der Waals surface area contributed by atoms with Crippen LogP contribution in [-0.2, 0) is 17.0 Å². The fourth-order valence-electron chi connectivity index (χ4n) is 3.76. The van der Waals surface area contributed by atoms with Gasteiger partial charge in [0.2, 0.25) is 11.8 Å². The summed E-state index contributed by atoms with van der Waals surface area (Å²) >= 11 is 1.57. The van der Waals surface area contributed by atoms with Crippen LogP contribution in [0.1, 0.15) is 23.9 Å². The molecule has 0 atom stereocenters. The topological polar surface area (TPSA) is 49.6 Å². The summed E-state index contributed by atoms with van der Waals surface area (Å²) in [7, 11) is 0. The van der Waals surface area contributed by atoms with Crippen molar-refractivity contribution < 1.29 is 13.6 Å². The van der Waals surface area contributed by atoms with E-state index in [1.54, 1.807) is 23.9 Å². The van der Waals surface area contributed by atoms with Gasteiger partial charge in [0.25, 0.3) is 0 Å². The molecule has 1 aliphatic rings. The average Bonchev–Trinajstić information content (AvgIpc) is 3.20. The van der Waals surface area contributed by atoms with Crippen LogP contribution in [0.15, 0.2) is 52.9 Å². The summed E-state index contributed by atoms with van der Waals surface area (Å²) in [5.74, 6) is 2.40. The van der Waals surface area contributed by atoms with Crippen molar-refractivity contribution >= 4 is 23.4 Å². The Morgan fingerprint density at radius 3 is 2.41 bits per heavy atom. The number of aryl methyl sites for hydroxylation is 2. The van der Waals surface area contributed by atoms with Crippen molar-refractivity contribution in [1.82, 2.24) is 9.88 Å². The number of halogens is 1. The van der Waals surface area contributed by atoms with Crippen LogP contribution in [0, 0.1) is 12.7 Å². The minimum Gasteiger partial charge on any atom is -0.441 e. The fraction of sp³-hybridized carbons (Fsp3) is 0.360. The Morgan fingerprint density at radius 1 is 1.06 bits per heavy atom. The summed E-state index contributed by atoms with van der Waals surface area (Å²) in [6.45, 7) is 6.92. The quantitative estimate of drug-likeness (QED) is 0.508. The molecule has 32 heavy (non-hydrogen) atoms. The Kier molecular flexibility index (Phi) is 7.15. The Labute approximate surface area is 192 Å². The molecular weight excluding hydrogens is 425 g/mol. The van der Waals surface area contributed by atoms with E-state index >= 15 is 0 Å². The Bertz CT molecular complexity index is 1040. The van der Waals surface area contributed by atoms with Crippen molar-refractivity contribution in [2.24, 2.45) is 0 Å². The molecule has 0 bridgehead atoms. The van der Waals surface area contributed by atoms with E-state index < -0.39 is 0 Å². The first-order valence-corrected chi connectivity index (χ1v) is 12.1. The second kappa shape index (κ2) is 10.2. The number of hydrogen-bond acceptors (Lipinski definition) is 5. The number of nitrogens with zero attached hydrogens (tertiary/aromatic N) is 3. The fourth-order valence-corrected chi connectivity index (χ4v) is 4.68. The number of aromatic nitrogens is 1. The van der Waals surface area contributed by atoms with E-state index in [1.165, 1.54) is 17.7 Å². The standard InChI is InChI=1S/C25H28FN3O2S/c1-3-19-4-6-20(7-5-19)25-27-23(18(2)31-25)16-32-17-24(30)29-14-12-28(13-15-29)22-10-8-21(26)9-11-22/h4-11H,3,12-17H2,1-2H3. The molecule has 1 aromatic heterocycles. The molecule has 1 saturated heterocycles. The number of piperazine rings is 1. The summed E-state index contributed by atoms with van der Waals surface area (Å²) in [4.78, 5) is 21.4. The van der Waals surface area contributed by atoms with Gasteiger partial charge >= 0.3 is 0 Å². The van der Waals surface area contributed by atoms with E-state index in [-0.39, 0.29) is 11.7 Å². The molecule has 0 spiro atoms. The lowest BCUT2D eigenvalue weighted by Gasteiger charge is -2.36. The molecule has 1 aliphatic heterocycles. The zero-order valence-electron chi connectivity index (χ0n) is 18.5. The number of anilines is 1. The monoisotopic (exact) mass is 453 g/mol. The predicted molar refractivity (Wildman–Crippen MR) is 127 cm³/mol. The lowest BCUT2D eigenvalue weighted by Crippen LogP contribution is -2.49. The van der Waals surface area contributed by atoms with Gasteiger partial charge in [0.05, 0.1) is 11.4 Å². The van der Waals surface area contributed by atoms with Gasteiger partial charge in [0.15, 0.2) is 0 Å². The van der Waals surface area contributed by atoms with Crippen molar-refractivity contribution in [3.05, 3.63) is 71.4 Å². The third kappa shape index (κ3) is 5.33. The van der Waals surface area contributed by atoms with E-state index in [2.05, 4.69) is 28.9 Å². The van der Waals surface area contributed by atoms with E-state index in [1.807, 2.05) is 24.0 Å². The first-order valence-electron chi connectivity index (χ1n) is 10.9. The number of rotatable bonds is 7. The summed E-state index contributed by atoms with van der Waals surface area (Å²) < 4.78 is 19.0. The molecule has 168 valence electrons. The average molecular weight is 454 g/mol. The first-order chi connectivity index (χ1) is 15.5. The number of thioether (sulfide) groups is 1. The molecule has 2 heterocycles. The minimum atomic E-state index is -0.233. The van der Waals surface area contributed by atoms with Crippen LogP contribution in [0.5, 0.6) is 0 Å². The van der Waals surface area contributed by atoms with Crippen LogP contribution in [-0.4, -0.2) is 47.7 Å². The summed E-state index contributed by atoms with van der Waals surface area (Å²) in [5.41, 5.74) is 4.13. The molecule has 2 aromatic carbocycles. The predicted octanol–water partition coefficient (Wildman–Crippen LogP) is 4.93. The van der Waals surface area contributed by atoms with Crippen LogP contribution in [0.3, 0.4) is 0 Å². The van der Waals surface area contributed by atoms with Crippen molar-refractivity contribution in [2.45, 2.75) is 26.0 Å². The van der Waals surface area contributed by atoms with Crippen molar-refractivity contribution in [3.63, 3.8) is 0 Å². The van der Waals surface area contributed by atoms with Crippen LogP contribution < -0.4 is 4.90 Å². The Hall–Kier alpha value is -2.80. The molecule has 0 unspecified atom stereocenters. The Balaban J connectivity index is 1.25. The molecule has 1 amide bonds. The van der Waals surface area contributed by atoms with Gasteiger partial charge in [-0.2, -0.15) is 0 Å². The molecule has 0 radical (unpaired) electrons. The number of amides is 1. The highest BCUT2D eigenvalue weighted by Crippen LogP contribution is 2.25. The normalized spacial score (nSPS) is 14.1. The van der Waals surface area contributed by atoms with Crippen LogP contribution in [0.4, 0.5) is 10.1 Å². The molecule has 0 saturated carbocycles. The van der Waals surface area contributed by atoms with Gasteiger partial charge in [-0.15, -0.1) is 11.8 Å². The molecule has 0 aliphatic carbocycles. The summed E-state index contributed by atoms with van der Waals surface area (Å²) in [5, 5.41) is 0. The van der Waals surface area contributed by atoms with E-state index in [4.69, 9.17) is 4.42 Å². The van der Waals surface area contributed by atoms with Gasteiger partial charge in [-0.05, 0) is 55.3 Å². The molecule has 3 aromatic rings. The van der Waals surface area contributed by atoms with Gasteiger partial charge < -0.3 is 14.2 Å². The van der Waals surface area contributed by atoms with Crippen molar-refractivity contribution in [1.29, 1.82) is 0 Å². The van der Waals surface area contributed by atoms with E-state index in [9.17, 15) is 9.18 Å². The SMILES string of the molecule is CCc1ccc(-c2nc(CSCC(=O)N3CCN(c4ccc(F)cc4)CC3)c(C)o2)cc1. The smallest absolute Gasteiger partial charge is 0.232 e. The highest BCUT2D eigenvalue weighted by molar-refractivity contribution is 7.99. The number of carbonyl (C=O) groups excluding carboxylic acids is 1. The van der Waals surface area contributed by atoms with Gasteiger partial charge in [0.1, 0.15) is 11.6 Å². The summed E-state index contributed by atoms with van der Waals surface area (Å²) in [6, 6.07) is 14.8. The number of oxazole rings is 1. The minimum absolute atomic E-state index is 0.144. The van der Waals surface area contributed by atoms with Crippen molar-refractivity contribution in [3.8, 4) is 11.5 Å². The number of benzene rings is 2. The number of hydrogen-bond donors (Lipinski definition) is 0. The molecule has 0 N–H and O–H groups in total. The van der Waals surface area contributed by atoms with Crippen LogP contribution >= 0.6 is 11.8 Å². The van der Waals surface area contributed by atoms with Crippen LogP contribution in [0.25, 0.3) is 11.5 Å². The first kappa shape index (κ1) is 22.4. The lowest BCUT2D eigenvalue weighted by molar-refractivity contribution is -0.128. The lowest BCUT2D eigenvalue weighted by atomic mass is 10.1. The maximum atomic E-state index is 13.1. The third-order valence-corrected chi connectivity index (χ3v) is 6.72. The zero-order chi connectivity index (χ0) is 22.5. The van der Waals surface area contributed by atoms with Gasteiger partial charge in [-0.3, -0.25) is 4.79 Å². The summed E-state index contributed by atoms with van der Waals surface area (Å²) in [6.07, 6.45) is 1.00.